The first-order valence-electron chi connectivity index (χ1n) is 8.40. The lowest BCUT2D eigenvalue weighted by Crippen LogP contribution is -1.93. The first kappa shape index (κ1) is 19.9. The smallest absolute Gasteiger partial charge is 0.303 e. The minimum Gasteiger partial charge on any atom is -0.481 e. The molecule has 0 spiro atoms. The maximum atomic E-state index is 10.3. The van der Waals surface area contributed by atoms with E-state index < -0.39 is 5.97 Å². The zero-order valence-corrected chi connectivity index (χ0v) is 13.3. The molecule has 0 fully saturated rings. The van der Waals surface area contributed by atoms with E-state index in [1.54, 1.807) is 0 Å². The summed E-state index contributed by atoms with van der Waals surface area (Å²) in [5.74, 6) is -0.681. The molecule has 3 nitrogen and oxygen atoms in total. The van der Waals surface area contributed by atoms with Crippen molar-refractivity contribution in [1.82, 2.24) is 0 Å². The number of unbranched alkanes of at least 4 members (excludes halogenated alkanes) is 8. The van der Waals surface area contributed by atoms with Crippen molar-refractivity contribution in [3.8, 4) is 0 Å². The Balaban J connectivity index is 3.18. The van der Waals surface area contributed by atoms with Gasteiger partial charge < -0.3 is 10.2 Å². The molecule has 0 saturated heterocycles. The van der Waals surface area contributed by atoms with Gasteiger partial charge in [0.25, 0.3) is 0 Å². The summed E-state index contributed by atoms with van der Waals surface area (Å²) in [6.07, 6.45) is 21.1. The molecule has 0 bridgehead atoms. The highest BCUT2D eigenvalue weighted by Gasteiger charge is 1.95. The number of allylic oxidation sites excluding steroid dienone is 4. The Morgan fingerprint density at radius 2 is 1.24 bits per heavy atom. The number of aliphatic carboxylic acids is 1. The van der Waals surface area contributed by atoms with Crippen molar-refractivity contribution in [3.63, 3.8) is 0 Å². The second-order valence-corrected chi connectivity index (χ2v) is 5.45. The molecule has 0 amide bonds. The van der Waals surface area contributed by atoms with E-state index in [0.29, 0.717) is 13.0 Å². The van der Waals surface area contributed by atoms with Gasteiger partial charge in [-0.3, -0.25) is 4.79 Å². The molecule has 2 N–H and O–H groups in total. The molecule has 0 heterocycles. The normalized spacial score (nSPS) is 11.7. The summed E-state index contributed by atoms with van der Waals surface area (Å²) in [6, 6.07) is 0. The summed E-state index contributed by atoms with van der Waals surface area (Å²) in [7, 11) is 0. The molecule has 0 saturated carbocycles. The van der Waals surface area contributed by atoms with Crippen LogP contribution in [0, 0.1) is 0 Å². The molecule has 0 aromatic rings. The van der Waals surface area contributed by atoms with Crippen LogP contribution in [0.2, 0.25) is 0 Å². The molecular weight excluding hydrogens is 264 g/mol. The van der Waals surface area contributed by atoms with Crippen LogP contribution in [0.25, 0.3) is 0 Å². The zero-order chi connectivity index (χ0) is 15.6. The van der Waals surface area contributed by atoms with Crippen molar-refractivity contribution in [2.45, 2.75) is 77.0 Å². The molecule has 0 aromatic carbocycles. The van der Waals surface area contributed by atoms with E-state index in [1.807, 2.05) is 0 Å². The molecule has 0 atom stereocenters. The van der Waals surface area contributed by atoms with E-state index in [1.165, 1.54) is 19.3 Å². The van der Waals surface area contributed by atoms with Crippen molar-refractivity contribution in [2.24, 2.45) is 0 Å². The Bertz CT molecular complexity index is 282. The van der Waals surface area contributed by atoms with Gasteiger partial charge in [-0.2, -0.15) is 0 Å². The zero-order valence-electron chi connectivity index (χ0n) is 13.3. The van der Waals surface area contributed by atoms with Crippen molar-refractivity contribution in [1.29, 1.82) is 0 Å². The first-order chi connectivity index (χ1) is 10.3. The second-order valence-electron chi connectivity index (χ2n) is 5.45. The van der Waals surface area contributed by atoms with Gasteiger partial charge in [0.1, 0.15) is 0 Å². The Kier molecular flexibility index (Phi) is 16.1. The highest BCUT2D eigenvalue weighted by Crippen LogP contribution is 2.08. The Morgan fingerprint density at radius 3 is 1.81 bits per heavy atom. The molecule has 0 rings (SSSR count). The summed E-state index contributed by atoms with van der Waals surface area (Å²) < 4.78 is 0. The predicted octanol–water partition coefficient (Wildman–Crippen LogP) is 4.86. The lowest BCUT2D eigenvalue weighted by Gasteiger charge is -1.98. The lowest BCUT2D eigenvalue weighted by molar-refractivity contribution is -0.137. The van der Waals surface area contributed by atoms with Crippen LogP contribution in [0.4, 0.5) is 0 Å². The first-order valence-corrected chi connectivity index (χ1v) is 8.40. The van der Waals surface area contributed by atoms with Crippen molar-refractivity contribution < 1.29 is 15.0 Å². The van der Waals surface area contributed by atoms with Crippen molar-refractivity contribution in [3.05, 3.63) is 24.3 Å². The quantitative estimate of drug-likeness (QED) is 0.335. The molecule has 0 unspecified atom stereocenters. The summed E-state index contributed by atoms with van der Waals surface area (Å²) in [4.78, 5) is 10.3. The number of hydrogen-bond acceptors (Lipinski definition) is 2. The Morgan fingerprint density at radius 1 is 0.714 bits per heavy atom. The molecule has 0 aromatic heterocycles. The van der Waals surface area contributed by atoms with E-state index in [-0.39, 0.29) is 0 Å². The summed E-state index contributed by atoms with van der Waals surface area (Å²) in [5.41, 5.74) is 0. The SMILES string of the molecule is O=C(O)CCCCCCCC=CCC=CCCCCCO. The van der Waals surface area contributed by atoms with Gasteiger partial charge in [0.15, 0.2) is 0 Å². The number of aliphatic hydroxyl groups excluding tert-OH is 1. The van der Waals surface area contributed by atoms with Crippen LogP contribution in [-0.4, -0.2) is 22.8 Å². The molecule has 0 aliphatic heterocycles. The maximum absolute atomic E-state index is 10.3. The topological polar surface area (TPSA) is 57.5 Å². The fourth-order valence-electron chi connectivity index (χ4n) is 2.13. The van der Waals surface area contributed by atoms with Gasteiger partial charge in [-0.15, -0.1) is 0 Å². The summed E-state index contributed by atoms with van der Waals surface area (Å²) in [5, 5.41) is 17.1. The minimum absolute atomic E-state index is 0.312. The van der Waals surface area contributed by atoms with E-state index in [0.717, 1.165) is 51.4 Å². The highest BCUT2D eigenvalue weighted by molar-refractivity contribution is 5.66. The molecule has 3 heteroatoms. The lowest BCUT2D eigenvalue weighted by atomic mass is 10.1. The Hall–Kier alpha value is -1.09. The van der Waals surface area contributed by atoms with Gasteiger partial charge in [-0.25, -0.2) is 0 Å². The maximum Gasteiger partial charge on any atom is 0.303 e. The van der Waals surface area contributed by atoms with Gasteiger partial charge in [0.05, 0.1) is 0 Å². The number of aliphatic hydroxyl groups is 1. The molecular formula is C18H32O3. The number of carbonyl (C=O) groups is 1. The Labute approximate surface area is 129 Å². The molecule has 0 aliphatic carbocycles. The van der Waals surface area contributed by atoms with Crippen LogP contribution in [0.5, 0.6) is 0 Å². The van der Waals surface area contributed by atoms with Crippen LogP contribution in [-0.2, 0) is 4.79 Å². The van der Waals surface area contributed by atoms with Gasteiger partial charge in [-0.05, 0) is 44.9 Å². The number of carboxylic acids is 1. The fraction of sp³-hybridized carbons (Fsp3) is 0.722. The molecule has 0 aliphatic rings. The van der Waals surface area contributed by atoms with Crippen LogP contribution < -0.4 is 0 Å². The van der Waals surface area contributed by atoms with Crippen LogP contribution in [0.1, 0.15) is 77.0 Å². The third-order valence-corrected chi connectivity index (χ3v) is 3.40. The van der Waals surface area contributed by atoms with Gasteiger partial charge in [-0.1, -0.05) is 50.0 Å². The molecule has 0 radical (unpaired) electrons. The van der Waals surface area contributed by atoms with Crippen molar-refractivity contribution >= 4 is 5.97 Å². The predicted molar refractivity (Wildman–Crippen MR) is 88.4 cm³/mol. The summed E-state index contributed by atoms with van der Waals surface area (Å²) >= 11 is 0. The van der Waals surface area contributed by atoms with E-state index in [2.05, 4.69) is 24.3 Å². The van der Waals surface area contributed by atoms with Gasteiger partial charge in [0, 0.05) is 13.0 Å². The monoisotopic (exact) mass is 296 g/mol. The number of hydrogen-bond donors (Lipinski definition) is 2. The third kappa shape index (κ3) is 18.9. The van der Waals surface area contributed by atoms with Crippen LogP contribution in [0.3, 0.4) is 0 Å². The molecule has 122 valence electrons. The van der Waals surface area contributed by atoms with Crippen LogP contribution >= 0.6 is 0 Å². The number of rotatable bonds is 15. The average molecular weight is 296 g/mol. The van der Waals surface area contributed by atoms with Crippen molar-refractivity contribution in [2.75, 3.05) is 6.61 Å². The highest BCUT2D eigenvalue weighted by atomic mass is 16.4. The van der Waals surface area contributed by atoms with E-state index in [4.69, 9.17) is 10.2 Å². The largest absolute Gasteiger partial charge is 0.481 e. The van der Waals surface area contributed by atoms with Gasteiger partial charge >= 0.3 is 5.97 Å². The average Bonchev–Trinajstić information content (AvgIpc) is 2.46. The standard InChI is InChI=1S/C18H32O3/c19-17-15-13-11-9-7-5-3-1-2-4-6-8-10-12-14-16-18(20)21/h1-2,5,7,19H,3-4,6,8-17H2,(H,20,21). The number of carboxylic acid groups (broad SMARTS) is 1. The second kappa shape index (κ2) is 17.0. The summed E-state index contributed by atoms with van der Waals surface area (Å²) in [6.45, 7) is 0.312. The van der Waals surface area contributed by atoms with E-state index >= 15 is 0 Å². The fourth-order valence-corrected chi connectivity index (χ4v) is 2.13. The molecule has 21 heavy (non-hydrogen) atoms. The minimum atomic E-state index is -0.681. The third-order valence-electron chi connectivity index (χ3n) is 3.40. The van der Waals surface area contributed by atoms with E-state index in [9.17, 15) is 4.79 Å². The van der Waals surface area contributed by atoms with Gasteiger partial charge in [0.2, 0.25) is 0 Å². The van der Waals surface area contributed by atoms with Crippen LogP contribution in [0.15, 0.2) is 24.3 Å².